The molecule has 5 nitrogen and oxygen atoms in total. The Balaban J connectivity index is 2.16. The highest BCUT2D eigenvalue weighted by Crippen LogP contribution is 2.31. The average Bonchev–Trinajstić information content (AvgIpc) is 2.94. The topological polar surface area (TPSA) is 67.1 Å². The molecular formula is C13H13N5S. The van der Waals surface area contributed by atoms with Crippen LogP contribution in [-0.2, 0) is 0 Å². The van der Waals surface area contributed by atoms with E-state index in [1.165, 1.54) is 0 Å². The van der Waals surface area contributed by atoms with Crippen molar-refractivity contribution in [1.82, 2.24) is 9.97 Å². The number of thiophene rings is 1. The third kappa shape index (κ3) is 2.11. The lowest BCUT2D eigenvalue weighted by Gasteiger charge is -2.19. The van der Waals surface area contributed by atoms with Crippen LogP contribution in [0.4, 0.5) is 17.5 Å². The number of hydrogen-bond acceptors (Lipinski definition) is 6. The van der Waals surface area contributed by atoms with Crippen molar-refractivity contribution in [3.05, 3.63) is 41.8 Å². The summed E-state index contributed by atoms with van der Waals surface area (Å²) < 4.78 is 0. The number of anilines is 3. The molecular weight excluding hydrogens is 258 g/mol. The van der Waals surface area contributed by atoms with Crippen LogP contribution in [0.15, 0.2) is 41.8 Å². The molecule has 3 rings (SSSR count). The van der Waals surface area contributed by atoms with Crippen molar-refractivity contribution in [2.75, 3.05) is 17.4 Å². The van der Waals surface area contributed by atoms with Crippen LogP contribution in [0.1, 0.15) is 0 Å². The first-order chi connectivity index (χ1) is 9.29. The molecule has 0 radical (unpaired) electrons. The van der Waals surface area contributed by atoms with Crippen LogP contribution in [0.3, 0.4) is 0 Å². The van der Waals surface area contributed by atoms with E-state index in [4.69, 9.17) is 5.84 Å². The van der Waals surface area contributed by atoms with Crippen molar-refractivity contribution in [3.8, 4) is 0 Å². The van der Waals surface area contributed by atoms with Gasteiger partial charge in [-0.25, -0.2) is 10.8 Å². The van der Waals surface area contributed by atoms with Crippen molar-refractivity contribution in [3.63, 3.8) is 0 Å². The first-order valence-electron chi connectivity index (χ1n) is 5.80. The number of hydrazine groups is 1. The van der Waals surface area contributed by atoms with Crippen LogP contribution < -0.4 is 16.2 Å². The van der Waals surface area contributed by atoms with Gasteiger partial charge in [-0.2, -0.15) is 4.98 Å². The highest BCUT2D eigenvalue weighted by molar-refractivity contribution is 7.16. The number of nitrogens with one attached hydrogen (secondary N) is 1. The molecule has 3 aromatic rings. The van der Waals surface area contributed by atoms with Crippen molar-refractivity contribution in [2.45, 2.75) is 0 Å². The number of nitrogens with zero attached hydrogens (tertiary/aromatic N) is 3. The Morgan fingerprint density at radius 2 is 1.95 bits per heavy atom. The van der Waals surface area contributed by atoms with Crippen LogP contribution in [0.2, 0.25) is 0 Å². The van der Waals surface area contributed by atoms with E-state index in [0.29, 0.717) is 5.95 Å². The van der Waals surface area contributed by atoms with E-state index >= 15 is 0 Å². The van der Waals surface area contributed by atoms with Crippen molar-refractivity contribution in [2.24, 2.45) is 5.84 Å². The molecule has 2 aromatic heterocycles. The SMILES string of the molecule is CN(c1ccccc1)c1nc(NN)nc2sccc12. The lowest BCUT2D eigenvalue weighted by atomic mass is 10.3. The fourth-order valence-electron chi connectivity index (χ4n) is 1.93. The maximum Gasteiger partial charge on any atom is 0.240 e. The summed E-state index contributed by atoms with van der Waals surface area (Å²) in [4.78, 5) is 11.7. The molecule has 0 spiro atoms. The number of rotatable bonds is 3. The number of benzene rings is 1. The molecule has 0 saturated carbocycles. The van der Waals surface area contributed by atoms with Crippen LogP contribution >= 0.6 is 11.3 Å². The Kier molecular flexibility index (Phi) is 3.02. The minimum atomic E-state index is 0.424. The summed E-state index contributed by atoms with van der Waals surface area (Å²) in [5.74, 6) is 6.69. The monoisotopic (exact) mass is 271 g/mol. The second-order valence-electron chi connectivity index (χ2n) is 4.05. The zero-order valence-corrected chi connectivity index (χ0v) is 11.2. The van der Waals surface area contributed by atoms with Crippen LogP contribution in [-0.4, -0.2) is 17.0 Å². The molecule has 96 valence electrons. The second-order valence-corrected chi connectivity index (χ2v) is 4.94. The van der Waals surface area contributed by atoms with E-state index in [0.717, 1.165) is 21.7 Å². The summed E-state index contributed by atoms with van der Waals surface area (Å²) in [6, 6.07) is 12.1. The molecule has 19 heavy (non-hydrogen) atoms. The molecule has 0 amide bonds. The fraction of sp³-hybridized carbons (Fsp3) is 0.0769. The summed E-state index contributed by atoms with van der Waals surface area (Å²) in [6.45, 7) is 0. The predicted octanol–water partition coefficient (Wildman–Crippen LogP) is 2.74. The number of nitrogens with two attached hydrogens (primary N) is 1. The van der Waals surface area contributed by atoms with E-state index in [1.54, 1.807) is 11.3 Å². The maximum absolute atomic E-state index is 5.43. The highest BCUT2D eigenvalue weighted by atomic mass is 32.1. The standard InChI is InChI=1S/C13H13N5S/c1-18(9-5-3-2-4-6-9)11-10-7-8-19-12(10)16-13(15-11)17-14/h2-8H,14H2,1H3,(H,15,16,17). The van der Waals surface area contributed by atoms with Gasteiger partial charge in [0.15, 0.2) is 0 Å². The summed E-state index contributed by atoms with van der Waals surface area (Å²) in [5, 5.41) is 3.03. The number of nitrogen functional groups attached to an aromatic ring is 1. The molecule has 1 aromatic carbocycles. The quantitative estimate of drug-likeness (QED) is 0.566. The first-order valence-corrected chi connectivity index (χ1v) is 6.68. The summed E-state index contributed by atoms with van der Waals surface area (Å²) >= 11 is 1.57. The number of aromatic nitrogens is 2. The van der Waals surface area contributed by atoms with Crippen LogP contribution in [0.5, 0.6) is 0 Å². The largest absolute Gasteiger partial charge is 0.329 e. The molecule has 2 heterocycles. The molecule has 0 bridgehead atoms. The number of para-hydroxylation sites is 1. The van der Waals surface area contributed by atoms with Gasteiger partial charge in [0.05, 0.1) is 5.39 Å². The Bertz CT molecular complexity index is 695. The Morgan fingerprint density at radius 1 is 1.16 bits per heavy atom. The van der Waals surface area contributed by atoms with Gasteiger partial charge < -0.3 is 4.90 Å². The Morgan fingerprint density at radius 3 is 2.68 bits per heavy atom. The van der Waals surface area contributed by atoms with E-state index in [-0.39, 0.29) is 0 Å². The molecule has 0 aliphatic carbocycles. The van der Waals surface area contributed by atoms with Crippen LogP contribution in [0.25, 0.3) is 10.2 Å². The molecule has 3 N–H and O–H groups in total. The van der Waals surface area contributed by atoms with E-state index in [2.05, 4.69) is 15.4 Å². The molecule has 0 saturated heterocycles. The van der Waals surface area contributed by atoms with Crippen molar-refractivity contribution >= 4 is 39.0 Å². The number of fused-ring (bicyclic) bond motifs is 1. The van der Waals surface area contributed by atoms with Gasteiger partial charge in [0.2, 0.25) is 5.95 Å². The predicted molar refractivity (Wildman–Crippen MR) is 79.7 cm³/mol. The highest BCUT2D eigenvalue weighted by Gasteiger charge is 2.13. The van der Waals surface area contributed by atoms with Gasteiger partial charge in [-0.1, -0.05) is 18.2 Å². The smallest absolute Gasteiger partial charge is 0.240 e. The Hall–Kier alpha value is -2.18. The van der Waals surface area contributed by atoms with Gasteiger partial charge in [-0.05, 0) is 23.6 Å². The van der Waals surface area contributed by atoms with E-state index in [1.807, 2.05) is 53.7 Å². The van der Waals surface area contributed by atoms with E-state index < -0.39 is 0 Å². The van der Waals surface area contributed by atoms with Gasteiger partial charge >= 0.3 is 0 Å². The lowest BCUT2D eigenvalue weighted by Crippen LogP contribution is -2.15. The van der Waals surface area contributed by atoms with Crippen molar-refractivity contribution in [1.29, 1.82) is 0 Å². The second kappa shape index (κ2) is 4.83. The minimum Gasteiger partial charge on any atom is -0.329 e. The maximum atomic E-state index is 5.43. The fourth-order valence-corrected chi connectivity index (χ4v) is 2.69. The summed E-state index contributed by atoms with van der Waals surface area (Å²) in [5.41, 5.74) is 3.58. The molecule has 0 fully saturated rings. The average molecular weight is 271 g/mol. The molecule has 6 heteroatoms. The lowest BCUT2D eigenvalue weighted by molar-refractivity contribution is 1.09. The molecule has 0 aliphatic heterocycles. The van der Waals surface area contributed by atoms with Gasteiger partial charge in [0.25, 0.3) is 0 Å². The number of hydrogen-bond donors (Lipinski definition) is 2. The molecule has 0 unspecified atom stereocenters. The van der Waals surface area contributed by atoms with Gasteiger partial charge in [0, 0.05) is 12.7 Å². The Labute approximate surface area is 114 Å². The third-order valence-corrected chi connectivity index (χ3v) is 3.70. The normalized spacial score (nSPS) is 10.6. The van der Waals surface area contributed by atoms with E-state index in [9.17, 15) is 0 Å². The molecule has 0 aliphatic rings. The van der Waals surface area contributed by atoms with Gasteiger partial charge in [-0.15, -0.1) is 11.3 Å². The summed E-state index contributed by atoms with van der Waals surface area (Å²) in [7, 11) is 1.98. The minimum absolute atomic E-state index is 0.424. The third-order valence-electron chi connectivity index (χ3n) is 2.90. The first kappa shape index (κ1) is 11.9. The molecule has 0 atom stereocenters. The van der Waals surface area contributed by atoms with Gasteiger partial charge in [0.1, 0.15) is 10.6 Å². The zero-order chi connectivity index (χ0) is 13.2. The van der Waals surface area contributed by atoms with Crippen LogP contribution in [0, 0.1) is 0 Å². The zero-order valence-electron chi connectivity index (χ0n) is 10.4. The van der Waals surface area contributed by atoms with Crippen molar-refractivity contribution < 1.29 is 0 Å². The summed E-state index contributed by atoms with van der Waals surface area (Å²) in [6.07, 6.45) is 0. The van der Waals surface area contributed by atoms with Gasteiger partial charge in [-0.3, -0.25) is 5.43 Å².